The van der Waals surface area contributed by atoms with E-state index < -0.39 is 5.97 Å². The number of thioether (sulfide) groups is 1. The van der Waals surface area contributed by atoms with Crippen LogP contribution in [0, 0.1) is 23.7 Å². The number of rotatable bonds is 9. The minimum atomic E-state index is -0.846. The summed E-state index contributed by atoms with van der Waals surface area (Å²) in [5.74, 6) is 2.50. The third kappa shape index (κ3) is 4.80. The number of ether oxygens (including phenoxy) is 1. The van der Waals surface area contributed by atoms with Crippen LogP contribution in [0.1, 0.15) is 87.6 Å². The molecule has 0 atom stereocenters. The van der Waals surface area contributed by atoms with Crippen LogP contribution in [0.4, 0.5) is 0 Å². The number of amides is 1. The van der Waals surface area contributed by atoms with Crippen LogP contribution in [0.5, 0.6) is 5.88 Å². The molecule has 176 valence electrons. The van der Waals surface area contributed by atoms with Crippen molar-refractivity contribution in [2.24, 2.45) is 23.7 Å². The van der Waals surface area contributed by atoms with Gasteiger partial charge in [0.2, 0.25) is 5.76 Å². The van der Waals surface area contributed by atoms with Gasteiger partial charge in [-0.15, -0.1) is 11.8 Å². The van der Waals surface area contributed by atoms with Crippen LogP contribution in [-0.2, 0) is 4.79 Å². The summed E-state index contributed by atoms with van der Waals surface area (Å²) in [6.45, 7) is 0.244. The smallest absolute Gasteiger partial charge is 0.303 e. The fourth-order valence-electron chi connectivity index (χ4n) is 6.73. The molecule has 8 heteroatoms. The average Bonchev–Trinajstić information content (AvgIpc) is 3.16. The number of carboxylic acids is 1. The first-order chi connectivity index (χ1) is 15.6. The number of carbonyl (C=O) groups is 2. The summed E-state index contributed by atoms with van der Waals surface area (Å²) >= 11 is 1.65. The van der Waals surface area contributed by atoms with Gasteiger partial charge >= 0.3 is 5.97 Å². The van der Waals surface area contributed by atoms with Crippen molar-refractivity contribution in [3.8, 4) is 5.88 Å². The highest BCUT2D eigenvalue weighted by Crippen LogP contribution is 2.53. The summed E-state index contributed by atoms with van der Waals surface area (Å²) in [7, 11) is 0. The van der Waals surface area contributed by atoms with Crippen molar-refractivity contribution < 1.29 is 24.0 Å². The normalized spacial score (nSPS) is 31.6. The molecule has 0 unspecified atom stereocenters. The molecule has 5 aliphatic carbocycles. The van der Waals surface area contributed by atoms with E-state index in [9.17, 15) is 9.59 Å². The largest absolute Gasteiger partial charge is 0.481 e. The van der Waals surface area contributed by atoms with Crippen LogP contribution >= 0.6 is 11.8 Å². The number of aliphatic carboxylic acids is 1. The molecule has 4 bridgehead atoms. The third-order valence-corrected chi connectivity index (χ3v) is 9.36. The Balaban J connectivity index is 1.29. The summed E-state index contributed by atoms with van der Waals surface area (Å²) < 4.78 is 11.3. The van der Waals surface area contributed by atoms with Crippen LogP contribution in [-0.4, -0.2) is 40.0 Å². The number of nitrogens with zero attached hydrogens (tertiary/aromatic N) is 1. The molecule has 0 saturated heterocycles. The van der Waals surface area contributed by atoms with E-state index in [1.807, 2.05) is 0 Å². The molecule has 0 aliphatic heterocycles. The molecule has 1 aromatic heterocycles. The van der Waals surface area contributed by atoms with E-state index in [4.69, 9.17) is 14.4 Å². The van der Waals surface area contributed by atoms with Gasteiger partial charge in [0.15, 0.2) is 0 Å². The van der Waals surface area contributed by atoms with Crippen molar-refractivity contribution in [1.29, 1.82) is 0 Å². The van der Waals surface area contributed by atoms with Crippen LogP contribution < -0.4 is 10.1 Å². The second-order valence-electron chi connectivity index (χ2n) is 10.3. The monoisotopic (exact) mass is 462 g/mol. The summed E-state index contributed by atoms with van der Waals surface area (Å²) in [5, 5.41) is 16.7. The standard InChI is InChI=1S/C24H34N2O5S/c27-19(28)7-4-8-30-24-22(32-18-5-2-1-3-6-18)21(31-26-24)23(29)25-20-16-10-14-9-15(12-16)13-17(20)11-14/h14-18,20H,1-13H2,(H,25,29)(H,27,28). The SMILES string of the molecule is O=C(O)CCCOc1noc(C(=O)NC2C3CC4CC(C3)CC2C4)c1SC1CCCCC1. The number of nitrogens with one attached hydrogen (secondary N) is 1. The van der Waals surface area contributed by atoms with E-state index in [0.29, 0.717) is 34.3 Å². The van der Waals surface area contributed by atoms with E-state index in [1.165, 1.54) is 51.4 Å². The lowest BCUT2D eigenvalue weighted by Gasteiger charge is -2.54. The molecule has 1 amide bonds. The molecule has 7 nitrogen and oxygen atoms in total. The van der Waals surface area contributed by atoms with Gasteiger partial charge in [0.1, 0.15) is 4.90 Å². The molecule has 1 aromatic rings. The zero-order valence-corrected chi connectivity index (χ0v) is 19.4. The van der Waals surface area contributed by atoms with Crippen molar-refractivity contribution in [2.75, 3.05) is 6.61 Å². The van der Waals surface area contributed by atoms with Crippen LogP contribution in [0.25, 0.3) is 0 Å². The molecule has 2 N–H and O–H groups in total. The molecular weight excluding hydrogens is 428 g/mol. The highest BCUT2D eigenvalue weighted by molar-refractivity contribution is 8.00. The summed E-state index contributed by atoms with van der Waals surface area (Å²) in [6, 6.07) is 0.243. The molecule has 32 heavy (non-hydrogen) atoms. The Labute approximate surface area is 193 Å². The number of aromatic nitrogens is 1. The van der Waals surface area contributed by atoms with Crippen molar-refractivity contribution in [3.05, 3.63) is 5.76 Å². The molecule has 0 spiro atoms. The Bertz CT molecular complexity index is 806. The molecule has 5 fully saturated rings. The number of carbonyl (C=O) groups excluding carboxylic acids is 1. The zero-order valence-electron chi connectivity index (χ0n) is 18.6. The Hall–Kier alpha value is -1.70. The third-order valence-electron chi connectivity index (χ3n) is 7.96. The summed E-state index contributed by atoms with van der Waals surface area (Å²) in [5.41, 5.74) is 0. The van der Waals surface area contributed by atoms with E-state index in [1.54, 1.807) is 11.8 Å². The fourth-order valence-corrected chi connectivity index (χ4v) is 8.06. The van der Waals surface area contributed by atoms with Crippen molar-refractivity contribution in [3.63, 3.8) is 0 Å². The maximum absolute atomic E-state index is 13.3. The molecule has 6 rings (SSSR count). The number of carboxylic acid groups (broad SMARTS) is 1. The maximum atomic E-state index is 13.3. The van der Waals surface area contributed by atoms with Crippen LogP contribution in [0.2, 0.25) is 0 Å². The molecule has 0 aromatic carbocycles. The molecular formula is C24H34N2O5S. The van der Waals surface area contributed by atoms with Crippen LogP contribution in [0.3, 0.4) is 0 Å². The topological polar surface area (TPSA) is 102 Å². The van der Waals surface area contributed by atoms with Crippen LogP contribution in [0.15, 0.2) is 9.42 Å². The van der Waals surface area contributed by atoms with Gasteiger partial charge in [0.05, 0.1) is 6.61 Å². The summed E-state index contributed by atoms with van der Waals surface area (Å²) in [4.78, 5) is 24.8. The van der Waals surface area contributed by atoms with Gasteiger partial charge in [0, 0.05) is 17.7 Å². The fraction of sp³-hybridized carbons (Fsp3) is 0.792. The molecule has 0 radical (unpaired) electrons. The minimum absolute atomic E-state index is 0.0444. The Morgan fingerprint density at radius 1 is 1.06 bits per heavy atom. The highest BCUT2D eigenvalue weighted by Gasteiger charge is 2.49. The first kappa shape index (κ1) is 22.1. The molecule has 5 saturated carbocycles. The Morgan fingerprint density at radius 3 is 2.41 bits per heavy atom. The average molecular weight is 463 g/mol. The second kappa shape index (κ2) is 9.65. The predicted octanol–water partition coefficient (Wildman–Crippen LogP) is 4.90. The zero-order chi connectivity index (χ0) is 22.1. The van der Waals surface area contributed by atoms with Gasteiger partial charge < -0.3 is 19.7 Å². The van der Waals surface area contributed by atoms with Crippen molar-refractivity contribution >= 4 is 23.6 Å². The van der Waals surface area contributed by atoms with E-state index in [0.717, 1.165) is 24.7 Å². The minimum Gasteiger partial charge on any atom is -0.481 e. The number of hydrogen-bond donors (Lipinski definition) is 2. The first-order valence-corrected chi connectivity index (χ1v) is 13.3. The van der Waals surface area contributed by atoms with Gasteiger partial charge in [-0.2, -0.15) is 0 Å². The number of hydrogen-bond acceptors (Lipinski definition) is 6. The van der Waals surface area contributed by atoms with Gasteiger partial charge in [-0.25, -0.2) is 0 Å². The Morgan fingerprint density at radius 2 is 1.75 bits per heavy atom. The lowest BCUT2D eigenvalue weighted by molar-refractivity contribution is -0.137. The van der Waals surface area contributed by atoms with E-state index >= 15 is 0 Å². The van der Waals surface area contributed by atoms with E-state index in [-0.39, 0.29) is 30.7 Å². The van der Waals surface area contributed by atoms with Gasteiger partial charge in [0.25, 0.3) is 11.8 Å². The van der Waals surface area contributed by atoms with Crippen molar-refractivity contribution in [1.82, 2.24) is 10.5 Å². The molecule has 5 aliphatic rings. The first-order valence-electron chi connectivity index (χ1n) is 12.4. The lowest BCUT2D eigenvalue weighted by atomic mass is 9.54. The summed E-state index contributed by atoms with van der Waals surface area (Å²) in [6.07, 6.45) is 12.7. The molecule has 1 heterocycles. The quantitative estimate of drug-likeness (QED) is 0.503. The Kier molecular flexibility index (Phi) is 6.67. The van der Waals surface area contributed by atoms with Crippen molar-refractivity contribution in [2.45, 2.75) is 93.2 Å². The predicted molar refractivity (Wildman–Crippen MR) is 120 cm³/mol. The van der Waals surface area contributed by atoms with Gasteiger partial charge in [-0.3, -0.25) is 9.59 Å². The van der Waals surface area contributed by atoms with Gasteiger partial charge in [-0.1, -0.05) is 19.3 Å². The maximum Gasteiger partial charge on any atom is 0.303 e. The van der Waals surface area contributed by atoms with E-state index in [2.05, 4.69) is 10.5 Å². The van der Waals surface area contributed by atoms with Gasteiger partial charge in [-0.05, 0) is 80.2 Å². The lowest BCUT2D eigenvalue weighted by Crippen LogP contribution is -2.55. The second-order valence-corrected chi connectivity index (χ2v) is 11.6. The highest BCUT2D eigenvalue weighted by atomic mass is 32.2.